The van der Waals surface area contributed by atoms with Crippen LogP contribution in [-0.2, 0) is 6.61 Å². The van der Waals surface area contributed by atoms with Crippen LogP contribution in [0.2, 0.25) is 0 Å². The van der Waals surface area contributed by atoms with E-state index in [9.17, 15) is 5.11 Å². The average Bonchev–Trinajstić information content (AvgIpc) is 2.43. The Balaban J connectivity index is 2.46. The molecule has 0 saturated carbocycles. The quantitative estimate of drug-likeness (QED) is 0.712. The number of rotatable bonds is 2. The van der Waals surface area contributed by atoms with Gasteiger partial charge < -0.3 is 10.0 Å². The molecule has 3 rings (SSSR count). The van der Waals surface area contributed by atoms with Crippen molar-refractivity contribution in [2.45, 2.75) is 6.61 Å². The number of hydrogen-bond acceptors (Lipinski definition) is 3. The van der Waals surface area contributed by atoms with Crippen LogP contribution < -0.4 is 4.90 Å². The van der Waals surface area contributed by atoms with Gasteiger partial charge in [0.25, 0.3) is 0 Å². The first-order valence-corrected chi connectivity index (χ1v) is 6.30. The number of para-hydroxylation sites is 1. The Kier molecular flexibility index (Phi) is 2.84. The van der Waals surface area contributed by atoms with E-state index in [0.29, 0.717) is 0 Å². The third-order valence-corrected chi connectivity index (χ3v) is 3.41. The molecule has 2 aromatic carbocycles. The van der Waals surface area contributed by atoms with Crippen LogP contribution in [0.1, 0.15) is 5.56 Å². The lowest BCUT2D eigenvalue weighted by molar-refractivity contribution is 0.283. The first-order valence-electron chi connectivity index (χ1n) is 6.30. The molecule has 0 saturated heterocycles. The van der Waals surface area contributed by atoms with Gasteiger partial charge in [0, 0.05) is 24.9 Å². The fourth-order valence-electron chi connectivity index (χ4n) is 2.40. The maximum atomic E-state index is 9.50. The number of pyridine rings is 1. The minimum atomic E-state index is 0.0320. The summed E-state index contributed by atoms with van der Waals surface area (Å²) in [4.78, 5) is 6.80. The zero-order valence-electron chi connectivity index (χ0n) is 11.1. The third kappa shape index (κ3) is 1.92. The zero-order chi connectivity index (χ0) is 13.4. The Morgan fingerprint density at radius 3 is 2.63 bits per heavy atom. The molecule has 1 aromatic heterocycles. The summed E-state index contributed by atoms with van der Waals surface area (Å²) in [7, 11) is 4.01. The molecular weight excluding hydrogens is 236 g/mol. The van der Waals surface area contributed by atoms with E-state index in [-0.39, 0.29) is 6.61 Å². The van der Waals surface area contributed by atoms with Gasteiger partial charge in [0.15, 0.2) is 0 Å². The number of hydrogen-bond donors (Lipinski definition) is 1. The van der Waals surface area contributed by atoms with Crippen LogP contribution in [0.4, 0.5) is 5.69 Å². The summed E-state index contributed by atoms with van der Waals surface area (Å²) in [6.45, 7) is 0.0320. The molecule has 3 nitrogen and oxygen atoms in total. The molecule has 3 heteroatoms. The molecule has 0 aliphatic carbocycles. The van der Waals surface area contributed by atoms with Gasteiger partial charge in [-0.3, -0.25) is 0 Å². The lowest BCUT2D eigenvalue weighted by atomic mass is 10.0. The van der Waals surface area contributed by atoms with Crippen LogP contribution in [0.15, 0.2) is 42.5 Å². The van der Waals surface area contributed by atoms with Crippen LogP contribution in [0.3, 0.4) is 0 Å². The Hall–Kier alpha value is -2.13. The van der Waals surface area contributed by atoms with Crippen molar-refractivity contribution in [1.29, 1.82) is 0 Å². The van der Waals surface area contributed by atoms with Crippen molar-refractivity contribution in [3.8, 4) is 0 Å². The number of fused-ring (bicyclic) bond motifs is 2. The molecule has 0 unspecified atom stereocenters. The molecule has 1 heterocycles. The molecule has 19 heavy (non-hydrogen) atoms. The van der Waals surface area contributed by atoms with Crippen molar-refractivity contribution in [3.05, 3.63) is 48.0 Å². The van der Waals surface area contributed by atoms with E-state index in [2.05, 4.69) is 6.07 Å². The molecule has 3 aromatic rings. The minimum absolute atomic E-state index is 0.0320. The highest BCUT2D eigenvalue weighted by atomic mass is 16.3. The predicted octanol–water partition coefficient (Wildman–Crippen LogP) is 2.95. The van der Waals surface area contributed by atoms with E-state index in [1.165, 1.54) is 0 Å². The van der Waals surface area contributed by atoms with Gasteiger partial charge in [0.1, 0.15) is 0 Å². The van der Waals surface area contributed by atoms with E-state index >= 15 is 0 Å². The van der Waals surface area contributed by atoms with Crippen molar-refractivity contribution < 1.29 is 5.11 Å². The summed E-state index contributed by atoms with van der Waals surface area (Å²) in [6, 6.07) is 14.1. The van der Waals surface area contributed by atoms with Gasteiger partial charge in [-0.15, -0.1) is 0 Å². The standard InChI is InChI=1S/C16H16N2O/c1-18(2)15-8-7-12(10-19)13-9-11-5-3-4-6-14(11)17-16(13)15/h3-9,19H,10H2,1-2H3. The zero-order valence-corrected chi connectivity index (χ0v) is 11.1. The van der Waals surface area contributed by atoms with Crippen molar-refractivity contribution in [1.82, 2.24) is 4.98 Å². The molecule has 0 bridgehead atoms. The molecule has 96 valence electrons. The van der Waals surface area contributed by atoms with Gasteiger partial charge in [-0.05, 0) is 23.8 Å². The topological polar surface area (TPSA) is 36.4 Å². The molecule has 0 aliphatic rings. The fraction of sp³-hybridized carbons (Fsp3) is 0.188. The summed E-state index contributed by atoms with van der Waals surface area (Å²) in [5.74, 6) is 0. The SMILES string of the molecule is CN(C)c1ccc(CO)c2cc3ccccc3nc12. The van der Waals surface area contributed by atoms with Crippen LogP contribution >= 0.6 is 0 Å². The maximum absolute atomic E-state index is 9.50. The second kappa shape index (κ2) is 4.52. The monoisotopic (exact) mass is 252 g/mol. The lowest BCUT2D eigenvalue weighted by Gasteiger charge is -2.16. The van der Waals surface area contributed by atoms with Crippen molar-refractivity contribution >= 4 is 27.5 Å². The number of aromatic nitrogens is 1. The number of aliphatic hydroxyl groups is 1. The molecule has 1 N–H and O–H groups in total. The van der Waals surface area contributed by atoms with Gasteiger partial charge in [0.2, 0.25) is 0 Å². The first kappa shape index (κ1) is 11.9. The normalized spacial score (nSPS) is 11.1. The highest BCUT2D eigenvalue weighted by Crippen LogP contribution is 2.29. The third-order valence-electron chi connectivity index (χ3n) is 3.41. The summed E-state index contributed by atoms with van der Waals surface area (Å²) in [5.41, 5.74) is 3.90. The van der Waals surface area contributed by atoms with Crippen molar-refractivity contribution in [3.63, 3.8) is 0 Å². The van der Waals surface area contributed by atoms with Gasteiger partial charge in [-0.25, -0.2) is 4.98 Å². The molecular formula is C16H16N2O. The summed E-state index contributed by atoms with van der Waals surface area (Å²) in [6.07, 6.45) is 0. The Bertz CT molecular complexity index is 750. The minimum Gasteiger partial charge on any atom is -0.392 e. The fourth-order valence-corrected chi connectivity index (χ4v) is 2.40. The van der Waals surface area contributed by atoms with E-state index in [0.717, 1.165) is 33.1 Å². The highest BCUT2D eigenvalue weighted by Gasteiger charge is 2.09. The summed E-state index contributed by atoms with van der Waals surface area (Å²) in [5, 5.41) is 11.6. The lowest BCUT2D eigenvalue weighted by Crippen LogP contribution is -2.10. The number of anilines is 1. The smallest absolute Gasteiger partial charge is 0.0946 e. The molecule has 0 fully saturated rings. The Morgan fingerprint density at radius 2 is 1.89 bits per heavy atom. The largest absolute Gasteiger partial charge is 0.392 e. The maximum Gasteiger partial charge on any atom is 0.0946 e. The molecule has 0 aliphatic heterocycles. The van der Waals surface area contributed by atoms with E-state index in [4.69, 9.17) is 4.98 Å². The first-order chi connectivity index (χ1) is 9.20. The number of aliphatic hydroxyl groups excluding tert-OH is 1. The van der Waals surface area contributed by atoms with Crippen LogP contribution in [0.25, 0.3) is 21.8 Å². The van der Waals surface area contributed by atoms with Gasteiger partial charge in [0.05, 0.1) is 23.3 Å². The van der Waals surface area contributed by atoms with Crippen LogP contribution in [-0.4, -0.2) is 24.2 Å². The summed E-state index contributed by atoms with van der Waals surface area (Å²) >= 11 is 0. The van der Waals surface area contributed by atoms with Crippen molar-refractivity contribution in [2.24, 2.45) is 0 Å². The molecule has 0 amide bonds. The molecule has 0 atom stereocenters. The second-order valence-corrected chi connectivity index (χ2v) is 4.87. The van der Waals surface area contributed by atoms with Gasteiger partial charge in [-0.2, -0.15) is 0 Å². The second-order valence-electron chi connectivity index (χ2n) is 4.87. The van der Waals surface area contributed by atoms with Gasteiger partial charge >= 0.3 is 0 Å². The van der Waals surface area contributed by atoms with Crippen LogP contribution in [0, 0.1) is 0 Å². The molecule has 0 radical (unpaired) electrons. The summed E-state index contributed by atoms with van der Waals surface area (Å²) < 4.78 is 0. The van der Waals surface area contributed by atoms with Crippen LogP contribution in [0.5, 0.6) is 0 Å². The van der Waals surface area contributed by atoms with E-state index in [1.54, 1.807) is 0 Å². The predicted molar refractivity (Wildman–Crippen MR) is 79.5 cm³/mol. The average molecular weight is 252 g/mol. The Morgan fingerprint density at radius 1 is 1.11 bits per heavy atom. The number of benzene rings is 2. The highest BCUT2D eigenvalue weighted by molar-refractivity contribution is 6.00. The van der Waals surface area contributed by atoms with E-state index in [1.807, 2.05) is 55.4 Å². The van der Waals surface area contributed by atoms with E-state index < -0.39 is 0 Å². The number of nitrogens with zero attached hydrogens (tertiary/aromatic N) is 2. The van der Waals surface area contributed by atoms with Gasteiger partial charge in [-0.1, -0.05) is 24.3 Å². The molecule has 0 spiro atoms. The Labute approximate surface area is 112 Å². The van der Waals surface area contributed by atoms with Crippen molar-refractivity contribution in [2.75, 3.05) is 19.0 Å².